The molecular formula is C16H19NO4S2. The average Bonchev–Trinajstić information content (AvgIpc) is 2.94. The van der Waals surface area contributed by atoms with Crippen molar-refractivity contribution in [1.82, 2.24) is 4.98 Å². The van der Waals surface area contributed by atoms with Gasteiger partial charge in [0.05, 0.1) is 35.8 Å². The second-order valence-electron chi connectivity index (χ2n) is 4.72. The van der Waals surface area contributed by atoms with E-state index in [0.29, 0.717) is 19.0 Å². The van der Waals surface area contributed by atoms with Gasteiger partial charge in [0.25, 0.3) is 0 Å². The summed E-state index contributed by atoms with van der Waals surface area (Å²) in [4.78, 5) is 28.2. The van der Waals surface area contributed by atoms with Crippen molar-refractivity contribution in [3.63, 3.8) is 0 Å². The molecule has 2 rings (SSSR count). The molecule has 0 radical (unpaired) electrons. The van der Waals surface area contributed by atoms with Crippen LogP contribution in [0.25, 0.3) is 10.2 Å². The molecule has 0 aliphatic rings. The topological polar surface area (TPSA) is 65.5 Å². The maximum atomic E-state index is 12.0. The van der Waals surface area contributed by atoms with Crippen molar-refractivity contribution in [3.05, 3.63) is 24.3 Å². The number of thioether (sulfide) groups is 1. The first-order valence-electron chi connectivity index (χ1n) is 7.44. The van der Waals surface area contributed by atoms with Crippen molar-refractivity contribution in [1.29, 1.82) is 0 Å². The lowest BCUT2D eigenvalue weighted by Crippen LogP contribution is -2.24. The van der Waals surface area contributed by atoms with Crippen LogP contribution in [0.3, 0.4) is 0 Å². The number of carbonyl (C=O) groups is 2. The minimum absolute atomic E-state index is 0.0323. The molecule has 1 aromatic carbocycles. The summed E-state index contributed by atoms with van der Waals surface area (Å²) in [7, 11) is 0. The van der Waals surface area contributed by atoms with E-state index in [2.05, 4.69) is 4.98 Å². The Morgan fingerprint density at radius 1 is 1.22 bits per heavy atom. The first-order chi connectivity index (χ1) is 11.1. The van der Waals surface area contributed by atoms with E-state index < -0.39 is 5.92 Å². The van der Waals surface area contributed by atoms with E-state index in [-0.39, 0.29) is 18.4 Å². The predicted octanol–water partition coefficient (Wildman–Crippen LogP) is 3.52. The number of nitrogens with zero attached hydrogens (tertiary/aromatic N) is 1. The van der Waals surface area contributed by atoms with E-state index in [1.54, 1.807) is 25.2 Å². The Kier molecular flexibility index (Phi) is 6.85. The molecule has 0 aliphatic heterocycles. The Balaban J connectivity index is 2.01. The maximum absolute atomic E-state index is 12.0. The van der Waals surface area contributed by atoms with Crippen molar-refractivity contribution in [2.45, 2.75) is 24.6 Å². The maximum Gasteiger partial charge on any atom is 0.310 e. The number of rotatable bonds is 8. The third-order valence-corrected chi connectivity index (χ3v) is 5.36. The lowest BCUT2D eigenvalue weighted by atomic mass is 10.1. The fourth-order valence-corrected chi connectivity index (χ4v) is 4.14. The van der Waals surface area contributed by atoms with Gasteiger partial charge in [0.2, 0.25) is 0 Å². The molecule has 124 valence electrons. The molecule has 0 amide bonds. The van der Waals surface area contributed by atoms with Gasteiger partial charge < -0.3 is 9.47 Å². The van der Waals surface area contributed by atoms with Crippen LogP contribution in [0.15, 0.2) is 28.6 Å². The third kappa shape index (κ3) is 5.21. The third-order valence-electron chi connectivity index (χ3n) is 3.02. The molecule has 0 saturated heterocycles. The summed E-state index contributed by atoms with van der Waals surface area (Å²) in [6.07, 6.45) is 0.0323. The van der Waals surface area contributed by atoms with Crippen LogP contribution >= 0.6 is 23.1 Å². The normalized spacial score (nSPS) is 12.1. The molecule has 0 N–H and O–H groups in total. The summed E-state index contributed by atoms with van der Waals surface area (Å²) in [6.45, 7) is 4.09. The van der Waals surface area contributed by atoms with Gasteiger partial charge in [0, 0.05) is 5.75 Å². The smallest absolute Gasteiger partial charge is 0.310 e. The SMILES string of the molecule is CCOC(=O)CC(CSc1nc2ccccc2s1)C(=O)OCC. The molecular weight excluding hydrogens is 334 g/mol. The molecule has 5 nitrogen and oxygen atoms in total. The molecule has 2 aromatic rings. The number of esters is 2. The molecule has 0 spiro atoms. The molecule has 1 heterocycles. The summed E-state index contributed by atoms with van der Waals surface area (Å²) in [5.74, 6) is -0.826. The average molecular weight is 353 g/mol. The predicted molar refractivity (Wildman–Crippen MR) is 91.7 cm³/mol. The van der Waals surface area contributed by atoms with Gasteiger partial charge >= 0.3 is 11.9 Å². The van der Waals surface area contributed by atoms with Gasteiger partial charge in [-0.2, -0.15) is 0 Å². The molecule has 7 heteroatoms. The highest BCUT2D eigenvalue weighted by molar-refractivity contribution is 8.01. The Morgan fingerprint density at radius 2 is 1.96 bits per heavy atom. The molecule has 0 fully saturated rings. The van der Waals surface area contributed by atoms with Crippen LogP contribution < -0.4 is 0 Å². The summed E-state index contributed by atoms with van der Waals surface area (Å²) in [5.41, 5.74) is 0.943. The Bertz CT molecular complexity index is 638. The molecule has 1 atom stereocenters. The van der Waals surface area contributed by atoms with Crippen molar-refractivity contribution in [2.75, 3.05) is 19.0 Å². The zero-order valence-electron chi connectivity index (χ0n) is 13.1. The van der Waals surface area contributed by atoms with Gasteiger partial charge in [-0.05, 0) is 26.0 Å². The quantitative estimate of drug-likeness (QED) is 0.534. The van der Waals surface area contributed by atoms with E-state index in [4.69, 9.17) is 9.47 Å². The lowest BCUT2D eigenvalue weighted by molar-refractivity contribution is -0.153. The number of aromatic nitrogens is 1. The van der Waals surface area contributed by atoms with Crippen LogP contribution in [0, 0.1) is 5.92 Å². The molecule has 1 aromatic heterocycles. The minimum Gasteiger partial charge on any atom is -0.466 e. The first kappa shape index (κ1) is 17.7. The van der Waals surface area contributed by atoms with Gasteiger partial charge in [-0.1, -0.05) is 23.9 Å². The van der Waals surface area contributed by atoms with Crippen LogP contribution in [0.2, 0.25) is 0 Å². The Labute approximate surface area is 143 Å². The number of ether oxygens (including phenoxy) is 2. The van der Waals surface area contributed by atoms with E-state index in [1.807, 2.05) is 24.3 Å². The number of carbonyl (C=O) groups excluding carboxylic acids is 2. The summed E-state index contributed by atoms with van der Waals surface area (Å²) in [6, 6.07) is 7.88. The van der Waals surface area contributed by atoms with E-state index in [0.717, 1.165) is 14.6 Å². The summed E-state index contributed by atoms with van der Waals surface area (Å²) in [5, 5.41) is 0. The monoisotopic (exact) mass is 353 g/mol. The van der Waals surface area contributed by atoms with Crippen LogP contribution in [0.5, 0.6) is 0 Å². The van der Waals surface area contributed by atoms with Crippen molar-refractivity contribution in [3.8, 4) is 0 Å². The van der Waals surface area contributed by atoms with Gasteiger partial charge in [-0.3, -0.25) is 9.59 Å². The van der Waals surface area contributed by atoms with E-state index in [9.17, 15) is 9.59 Å². The summed E-state index contributed by atoms with van der Waals surface area (Å²) >= 11 is 3.04. The second kappa shape index (κ2) is 8.88. The van der Waals surface area contributed by atoms with Crippen molar-refractivity contribution in [2.24, 2.45) is 5.92 Å². The molecule has 23 heavy (non-hydrogen) atoms. The van der Waals surface area contributed by atoms with Gasteiger partial charge in [-0.15, -0.1) is 11.3 Å². The molecule has 0 bridgehead atoms. The molecule has 0 saturated carbocycles. The number of thiazole rings is 1. The standard InChI is InChI=1S/C16H19NO4S2/c1-3-20-14(18)9-11(15(19)21-4-2)10-22-16-17-12-7-5-6-8-13(12)23-16/h5-8,11H,3-4,9-10H2,1-2H3. The van der Waals surface area contributed by atoms with E-state index in [1.165, 1.54) is 11.8 Å². The van der Waals surface area contributed by atoms with Crippen LogP contribution in [-0.2, 0) is 19.1 Å². The van der Waals surface area contributed by atoms with Crippen molar-refractivity contribution < 1.29 is 19.1 Å². The largest absolute Gasteiger partial charge is 0.466 e. The Hall–Kier alpha value is -1.60. The number of para-hydroxylation sites is 1. The molecule has 1 unspecified atom stereocenters. The zero-order valence-corrected chi connectivity index (χ0v) is 14.7. The van der Waals surface area contributed by atoms with Gasteiger partial charge in [-0.25, -0.2) is 4.98 Å². The van der Waals surface area contributed by atoms with Crippen LogP contribution in [0.1, 0.15) is 20.3 Å². The fraction of sp³-hybridized carbons (Fsp3) is 0.438. The molecule has 0 aliphatic carbocycles. The highest BCUT2D eigenvalue weighted by atomic mass is 32.2. The minimum atomic E-state index is -0.522. The second-order valence-corrected chi connectivity index (χ2v) is 7.01. The van der Waals surface area contributed by atoms with Crippen molar-refractivity contribution >= 4 is 45.3 Å². The number of hydrogen-bond acceptors (Lipinski definition) is 7. The number of benzene rings is 1. The van der Waals surface area contributed by atoms with Crippen LogP contribution in [0.4, 0.5) is 0 Å². The van der Waals surface area contributed by atoms with Gasteiger partial charge in [0.1, 0.15) is 0 Å². The highest BCUT2D eigenvalue weighted by Gasteiger charge is 2.24. The lowest BCUT2D eigenvalue weighted by Gasteiger charge is -2.13. The van der Waals surface area contributed by atoms with Gasteiger partial charge in [0.15, 0.2) is 4.34 Å². The zero-order chi connectivity index (χ0) is 16.7. The number of fused-ring (bicyclic) bond motifs is 1. The summed E-state index contributed by atoms with van der Waals surface area (Å²) < 4.78 is 12.0. The first-order valence-corrected chi connectivity index (χ1v) is 9.24. The highest BCUT2D eigenvalue weighted by Crippen LogP contribution is 2.31. The number of hydrogen-bond donors (Lipinski definition) is 0. The van der Waals surface area contributed by atoms with Crippen LogP contribution in [-0.4, -0.2) is 35.9 Å². The fourth-order valence-electron chi connectivity index (χ4n) is 1.98. The Morgan fingerprint density at radius 3 is 2.65 bits per heavy atom. The van der Waals surface area contributed by atoms with E-state index >= 15 is 0 Å².